The van der Waals surface area contributed by atoms with Crippen LogP contribution in [0, 0.1) is 0 Å². The first kappa shape index (κ1) is 12.8. The Kier molecular flexibility index (Phi) is 7.17. The monoisotopic (exact) mass is 191 g/mol. The zero-order valence-corrected chi connectivity index (χ0v) is 8.84. The molecule has 13 heavy (non-hydrogen) atoms. The molecule has 2 N–H and O–H groups in total. The summed E-state index contributed by atoms with van der Waals surface area (Å²) in [5, 5.41) is 0. The molecule has 0 heterocycles. The second-order valence-corrected chi connectivity index (χ2v) is 3.65. The molecule has 0 saturated carbocycles. The zero-order chi connectivity index (χ0) is 10.2. The molecule has 4 heteroatoms. The lowest BCUT2D eigenvalue weighted by Crippen LogP contribution is -2.37. The highest BCUT2D eigenvalue weighted by Crippen LogP contribution is 1.96. The fraction of sp³-hybridized carbons (Fsp3) is 1.00. The minimum atomic E-state index is -0.257. The van der Waals surface area contributed by atoms with Crippen molar-refractivity contribution in [1.82, 2.24) is 0 Å². The molecule has 4 nitrogen and oxygen atoms in total. The van der Waals surface area contributed by atoms with Crippen molar-refractivity contribution in [2.75, 3.05) is 40.1 Å². The molecule has 0 bridgehead atoms. The lowest BCUT2D eigenvalue weighted by Gasteiger charge is -2.18. The number of ether oxygens (including phenoxy) is 3. The Balaban J connectivity index is 3.00. The van der Waals surface area contributed by atoms with E-state index in [1.54, 1.807) is 7.11 Å². The van der Waals surface area contributed by atoms with Crippen LogP contribution in [0.5, 0.6) is 0 Å². The molecule has 0 saturated heterocycles. The summed E-state index contributed by atoms with van der Waals surface area (Å²) in [6, 6.07) is 0. The molecule has 0 unspecified atom stereocenters. The molecular weight excluding hydrogens is 170 g/mol. The van der Waals surface area contributed by atoms with Gasteiger partial charge in [0.1, 0.15) is 0 Å². The second kappa shape index (κ2) is 7.26. The Morgan fingerprint density at radius 2 is 1.54 bits per heavy atom. The molecule has 0 aromatic carbocycles. The van der Waals surface area contributed by atoms with Crippen LogP contribution in [0.15, 0.2) is 0 Å². The highest BCUT2D eigenvalue weighted by molar-refractivity contribution is 4.69. The van der Waals surface area contributed by atoms with Crippen LogP contribution in [0.2, 0.25) is 0 Å². The molecule has 0 atom stereocenters. The number of nitrogens with two attached hydrogens (primary N) is 1. The van der Waals surface area contributed by atoms with E-state index in [4.69, 9.17) is 19.9 Å². The van der Waals surface area contributed by atoms with Gasteiger partial charge < -0.3 is 19.9 Å². The van der Waals surface area contributed by atoms with Crippen LogP contribution in [0.3, 0.4) is 0 Å². The van der Waals surface area contributed by atoms with Gasteiger partial charge in [0, 0.05) is 12.6 Å². The van der Waals surface area contributed by atoms with E-state index in [0.717, 1.165) is 0 Å². The van der Waals surface area contributed by atoms with Gasteiger partial charge in [-0.25, -0.2) is 0 Å². The Hall–Kier alpha value is -0.160. The second-order valence-electron chi connectivity index (χ2n) is 3.65. The Labute approximate surface area is 80.3 Å². The van der Waals surface area contributed by atoms with E-state index in [1.807, 2.05) is 13.8 Å². The number of rotatable bonds is 8. The molecule has 0 radical (unpaired) electrons. The summed E-state index contributed by atoms with van der Waals surface area (Å²) >= 11 is 0. The normalized spacial score (nSPS) is 12.0. The van der Waals surface area contributed by atoms with Crippen molar-refractivity contribution < 1.29 is 14.2 Å². The fourth-order valence-electron chi connectivity index (χ4n) is 0.697. The smallest absolute Gasteiger partial charge is 0.0701 e. The average Bonchev–Trinajstić information content (AvgIpc) is 2.01. The third-order valence-corrected chi connectivity index (χ3v) is 1.28. The van der Waals surface area contributed by atoms with Crippen molar-refractivity contribution in [2.45, 2.75) is 19.4 Å². The largest absolute Gasteiger partial charge is 0.382 e. The Morgan fingerprint density at radius 1 is 1.00 bits per heavy atom. The van der Waals surface area contributed by atoms with E-state index in [0.29, 0.717) is 33.0 Å². The SMILES string of the molecule is COCCOCCOCC(C)(C)N. The molecule has 0 aliphatic carbocycles. The summed E-state index contributed by atoms with van der Waals surface area (Å²) in [6.45, 7) is 6.84. The maximum atomic E-state index is 5.71. The van der Waals surface area contributed by atoms with Gasteiger partial charge in [-0.1, -0.05) is 0 Å². The quantitative estimate of drug-likeness (QED) is 0.564. The van der Waals surface area contributed by atoms with Crippen molar-refractivity contribution in [1.29, 1.82) is 0 Å². The summed E-state index contributed by atoms with van der Waals surface area (Å²) in [6.07, 6.45) is 0. The Bertz CT molecular complexity index is 112. The van der Waals surface area contributed by atoms with Crippen LogP contribution >= 0.6 is 0 Å². The van der Waals surface area contributed by atoms with E-state index in [9.17, 15) is 0 Å². The van der Waals surface area contributed by atoms with Crippen LogP contribution in [-0.4, -0.2) is 45.7 Å². The number of hydrogen-bond donors (Lipinski definition) is 1. The predicted molar refractivity (Wildman–Crippen MR) is 51.8 cm³/mol. The van der Waals surface area contributed by atoms with Crippen LogP contribution in [0.4, 0.5) is 0 Å². The maximum Gasteiger partial charge on any atom is 0.0701 e. The average molecular weight is 191 g/mol. The minimum Gasteiger partial charge on any atom is -0.382 e. The van der Waals surface area contributed by atoms with Gasteiger partial charge in [0.05, 0.1) is 33.0 Å². The van der Waals surface area contributed by atoms with Gasteiger partial charge >= 0.3 is 0 Å². The molecule has 80 valence electrons. The van der Waals surface area contributed by atoms with Gasteiger partial charge in [-0.05, 0) is 13.8 Å². The minimum absolute atomic E-state index is 0.257. The molecule has 0 amide bonds. The standard InChI is InChI=1S/C9H21NO3/c1-9(2,10)8-13-7-6-12-5-4-11-3/h4-8,10H2,1-3H3. The van der Waals surface area contributed by atoms with Crippen molar-refractivity contribution in [2.24, 2.45) is 5.73 Å². The van der Waals surface area contributed by atoms with Crippen LogP contribution in [-0.2, 0) is 14.2 Å². The topological polar surface area (TPSA) is 53.7 Å². The highest BCUT2D eigenvalue weighted by Gasteiger charge is 2.09. The number of methoxy groups -OCH3 is 1. The molecular formula is C9H21NO3. The van der Waals surface area contributed by atoms with E-state index in [-0.39, 0.29) is 5.54 Å². The van der Waals surface area contributed by atoms with Gasteiger partial charge in [-0.3, -0.25) is 0 Å². The van der Waals surface area contributed by atoms with Crippen molar-refractivity contribution in [3.05, 3.63) is 0 Å². The van der Waals surface area contributed by atoms with E-state index < -0.39 is 0 Å². The van der Waals surface area contributed by atoms with Crippen LogP contribution in [0.1, 0.15) is 13.8 Å². The molecule has 0 aliphatic heterocycles. The molecule has 0 spiro atoms. The van der Waals surface area contributed by atoms with Gasteiger partial charge in [-0.2, -0.15) is 0 Å². The predicted octanol–water partition coefficient (Wildman–Crippen LogP) is 0.403. The van der Waals surface area contributed by atoms with Crippen LogP contribution in [0.25, 0.3) is 0 Å². The lowest BCUT2D eigenvalue weighted by atomic mass is 10.1. The molecule has 0 rings (SSSR count). The van der Waals surface area contributed by atoms with Crippen LogP contribution < -0.4 is 5.73 Å². The first-order valence-corrected chi connectivity index (χ1v) is 4.49. The first-order chi connectivity index (χ1) is 6.06. The van der Waals surface area contributed by atoms with E-state index >= 15 is 0 Å². The van der Waals surface area contributed by atoms with Gasteiger partial charge in [0.15, 0.2) is 0 Å². The lowest BCUT2D eigenvalue weighted by molar-refractivity contribution is 0.0150. The summed E-state index contributed by atoms with van der Waals surface area (Å²) in [4.78, 5) is 0. The zero-order valence-electron chi connectivity index (χ0n) is 8.84. The Morgan fingerprint density at radius 3 is 2.08 bits per heavy atom. The third kappa shape index (κ3) is 11.8. The van der Waals surface area contributed by atoms with Crippen molar-refractivity contribution in [3.8, 4) is 0 Å². The highest BCUT2D eigenvalue weighted by atomic mass is 16.5. The first-order valence-electron chi connectivity index (χ1n) is 4.49. The van der Waals surface area contributed by atoms with Crippen molar-refractivity contribution in [3.63, 3.8) is 0 Å². The summed E-state index contributed by atoms with van der Waals surface area (Å²) in [5.41, 5.74) is 5.45. The van der Waals surface area contributed by atoms with Gasteiger partial charge in [0.2, 0.25) is 0 Å². The summed E-state index contributed by atoms with van der Waals surface area (Å²) < 4.78 is 15.3. The van der Waals surface area contributed by atoms with Crippen molar-refractivity contribution >= 4 is 0 Å². The maximum absolute atomic E-state index is 5.71. The molecule has 0 aliphatic rings. The van der Waals surface area contributed by atoms with Gasteiger partial charge in [-0.15, -0.1) is 0 Å². The molecule has 0 aromatic rings. The summed E-state index contributed by atoms with van der Waals surface area (Å²) in [5.74, 6) is 0. The molecule has 0 fully saturated rings. The number of hydrogen-bond acceptors (Lipinski definition) is 4. The fourth-order valence-corrected chi connectivity index (χ4v) is 0.697. The van der Waals surface area contributed by atoms with E-state index in [1.165, 1.54) is 0 Å². The van der Waals surface area contributed by atoms with Gasteiger partial charge in [0.25, 0.3) is 0 Å². The molecule has 0 aromatic heterocycles. The van der Waals surface area contributed by atoms with E-state index in [2.05, 4.69) is 0 Å². The third-order valence-electron chi connectivity index (χ3n) is 1.28. The summed E-state index contributed by atoms with van der Waals surface area (Å²) in [7, 11) is 1.65.